The lowest BCUT2D eigenvalue weighted by Gasteiger charge is -2.26. The van der Waals surface area contributed by atoms with Crippen molar-refractivity contribution in [2.24, 2.45) is 18.9 Å². The molecule has 1 N–H and O–H groups in total. The number of sulfonamides is 1. The molecule has 1 aliphatic rings. The minimum absolute atomic E-state index is 0.00654. The Morgan fingerprint density at radius 2 is 1.94 bits per heavy atom. The SMILES string of the molecule is CC(C)CN(c1cc(C(=O)N(C)C)nn1C)S(=O)(=O)c1ccc(OCC2CCOCC2)c(CO)c1. The van der Waals surface area contributed by atoms with Crippen molar-refractivity contribution in [2.45, 2.75) is 38.2 Å². The van der Waals surface area contributed by atoms with E-state index in [9.17, 15) is 18.3 Å². The number of aromatic nitrogens is 2. The number of benzene rings is 1. The Morgan fingerprint density at radius 1 is 1.26 bits per heavy atom. The van der Waals surface area contributed by atoms with Crippen molar-refractivity contribution >= 4 is 21.7 Å². The zero-order valence-electron chi connectivity index (χ0n) is 21.1. The van der Waals surface area contributed by atoms with Gasteiger partial charge in [0.05, 0.1) is 18.1 Å². The predicted octanol–water partition coefficient (Wildman–Crippen LogP) is 2.27. The minimum Gasteiger partial charge on any atom is -0.493 e. The first-order valence-corrected chi connectivity index (χ1v) is 13.2. The quantitative estimate of drug-likeness (QED) is 0.524. The molecule has 1 aromatic heterocycles. The van der Waals surface area contributed by atoms with Crippen LogP contribution in [0.4, 0.5) is 5.82 Å². The summed E-state index contributed by atoms with van der Waals surface area (Å²) in [6, 6.07) is 6.02. The van der Waals surface area contributed by atoms with Crippen molar-refractivity contribution in [1.82, 2.24) is 14.7 Å². The van der Waals surface area contributed by atoms with Gasteiger partial charge >= 0.3 is 0 Å². The average molecular weight is 509 g/mol. The largest absolute Gasteiger partial charge is 0.493 e. The van der Waals surface area contributed by atoms with Crippen LogP contribution in [0.3, 0.4) is 0 Å². The molecule has 2 aromatic rings. The van der Waals surface area contributed by atoms with Crippen LogP contribution in [0.25, 0.3) is 0 Å². The van der Waals surface area contributed by atoms with E-state index >= 15 is 0 Å². The molecule has 1 fully saturated rings. The molecule has 11 heteroatoms. The van der Waals surface area contributed by atoms with Gasteiger partial charge < -0.3 is 19.5 Å². The second kappa shape index (κ2) is 11.4. The van der Waals surface area contributed by atoms with E-state index in [2.05, 4.69) is 5.10 Å². The lowest BCUT2D eigenvalue weighted by molar-refractivity contribution is 0.0494. The summed E-state index contributed by atoms with van der Waals surface area (Å²) in [5.74, 6) is 0.806. The monoisotopic (exact) mass is 508 g/mol. The second-order valence-electron chi connectivity index (χ2n) is 9.44. The maximum atomic E-state index is 13.8. The predicted molar refractivity (Wildman–Crippen MR) is 132 cm³/mol. The molecule has 3 rings (SSSR count). The van der Waals surface area contributed by atoms with E-state index in [1.165, 1.54) is 32.1 Å². The minimum atomic E-state index is -4.02. The molecule has 0 spiro atoms. The highest BCUT2D eigenvalue weighted by Gasteiger charge is 2.30. The average Bonchev–Trinajstić information content (AvgIpc) is 3.21. The van der Waals surface area contributed by atoms with Crippen LogP contribution in [-0.2, 0) is 28.4 Å². The van der Waals surface area contributed by atoms with E-state index < -0.39 is 10.0 Å². The number of hydrogen-bond acceptors (Lipinski definition) is 7. The van der Waals surface area contributed by atoms with Gasteiger partial charge in [0, 0.05) is 52.5 Å². The Labute approximate surface area is 207 Å². The highest BCUT2D eigenvalue weighted by Crippen LogP contribution is 2.30. The molecule has 0 atom stereocenters. The van der Waals surface area contributed by atoms with Crippen LogP contribution in [0.1, 0.15) is 42.7 Å². The number of carbonyl (C=O) groups excluding carboxylic acids is 1. The maximum Gasteiger partial charge on any atom is 0.273 e. The summed E-state index contributed by atoms with van der Waals surface area (Å²) in [6.07, 6.45) is 1.82. The third-order valence-electron chi connectivity index (χ3n) is 5.87. The van der Waals surface area contributed by atoms with E-state index in [1.54, 1.807) is 27.2 Å². The lowest BCUT2D eigenvalue weighted by Crippen LogP contribution is -2.35. The van der Waals surface area contributed by atoms with Crippen molar-refractivity contribution in [2.75, 3.05) is 44.8 Å². The van der Waals surface area contributed by atoms with Gasteiger partial charge in [-0.25, -0.2) is 12.7 Å². The molecule has 1 aliphatic heterocycles. The van der Waals surface area contributed by atoms with E-state index in [0.29, 0.717) is 37.1 Å². The van der Waals surface area contributed by atoms with Gasteiger partial charge in [0.25, 0.3) is 15.9 Å². The molecule has 1 amide bonds. The first kappa shape index (κ1) is 27.0. The van der Waals surface area contributed by atoms with Gasteiger partial charge in [-0.1, -0.05) is 13.8 Å². The summed E-state index contributed by atoms with van der Waals surface area (Å²) in [7, 11) is 0.808. The molecule has 0 radical (unpaired) electrons. The van der Waals surface area contributed by atoms with E-state index in [4.69, 9.17) is 9.47 Å². The molecule has 35 heavy (non-hydrogen) atoms. The molecule has 194 valence electrons. The first-order valence-electron chi connectivity index (χ1n) is 11.8. The molecule has 0 bridgehead atoms. The fraction of sp³-hybridized carbons (Fsp3) is 0.583. The van der Waals surface area contributed by atoms with Gasteiger partial charge in [0.2, 0.25) is 0 Å². The highest BCUT2D eigenvalue weighted by molar-refractivity contribution is 7.92. The van der Waals surface area contributed by atoms with Crippen LogP contribution >= 0.6 is 0 Å². The number of hydrogen-bond donors (Lipinski definition) is 1. The smallest absolute Gasteiger partial charge is 0.273 e. The second-order valence-corrected chi connectivity index (χ2v) is 11.3. The third kappa shape index (κ3) is 6.33. The standard InChI is InChI=1S/C24H36N4O6S/c1-17(2)14-28(23-13-21(25-27(23)5)24(30)26(3)4)35(31,32)20-6-7-22(19(12-20)15-29)34-16-18-8-10-33-11-9-18/h6-7,12-13,17-18,29H,8-11,14-16H2,1-5H3. The number of aliphatic hydroxyl groups is 1. The molecule has 0 aliphatic carbocycles. The van der Waals surface area contributed by atoms with Gasteiger partial charge in [0.15, 0.2) is 5.69 Å². The summed E-state index contributed by atoms with van der Waals surface area (Å²) < 4.78 is 41.5. The molecule has 1 saturated heterocycles. The third-order valence-corrected chi connectivity index (χ3v) is 7.64. The molecule has 0 saturated carbocycles. The van der Waals surface area contributed by atoms with Crippen molar-refractivity contribution < 1.29 is 27.8 Å². The van der Waals surface area contributed by atoms with E-state index in [0.717, 1.165) is 12.8 Å². The lowest BCUT2D eigenvalue weighted by atomic mass is 10.0. The van der Waals surface area contributed by atoms with Crippen LogP contribution in [0.15, 0.2) is 29.2 Å². The number of aliphatic hydroxyl groups excluding tert-OH is 1. The Morgan fingerprint density at radius 3 is 2.54 bits per heavy atom. The number of aryl methyl sites for hydroxylation is 1. The van der Waals surface area contributed by atoms with Crippen LogP contribution < -0.4 is 9.04 Å². The topological polar surface area (TPSA) is 114 Å². The number of amides is 1. The van der Waals surface area contributed by atoms with Crippen molar-refractivity contribution in [3.05, 3.63) is 35.5 Å². The van der Waals surface area contributed by atoms with Crippen LogP contribution in [0.2, 0.25) is 0 Å². The molecular weight excluding hydrogens is 472 g/mol. The number of ether oxygens (including phenoxy) is 2. The molecule has 2 heterocycles. The fourth-order valence-corrected chi connectivity index (χ4v) is 5.60. The molecule has 1 aromatic carbocycles. The van der Waals surface area contributed by atoms with E-state index in [1.807, 2.05) is 13.8 Å². The molecular formula is C24H36N4O6S. The number of carbonyl (C=O) groups is 1. The summed E-state index contributed by atoms with van der Waals surface area (Å²) in [5, 5.41) is 14.2. The summed E-state index contributed by atoms with van der Waals surface area (Å²) in [6.45, 7) is 5.56. The fourth-order valence-electron chi connectivity index (χ4n) is 3.90. The Kier molecular flexibility index (Phi) is 8.79. The van der Waals surface area contributed by atoms with Gasteiger partial charge in [-0.3, -0.25) is 9.48 Å². The maximum absolute atomic E-state index is 13.8. The Hall–Kier alpha value is -2.63. The van der Waals surface area contributed by atoms with Crippen molar-refractivity contribution in [1.29, 1.82) is 0 Å². The van der Waals surface area contributed by atoms with E-state index in [-0.39, 0.29) is 41.4 Å². The zero-order chi connectivity index (χ0) is 25.8. The van der Waals surface area contributed by atoms with Gasteiger partial charge in [-0.2, -0.15) is 5.10 Å². The van der Waals surface area contributed by atoms with Crippen LogP contribution in [0.5, 0.6) is 5.75 Å². The zero-order valence-corrected chi connectivity index (χ0v) is 21.9. The number of anilines is 1. The summed E-state index contributed by atoms with van der Waals surface area (Å²) in [4.78, 5) is 13.8. The molecule has 10 nitrogen and oxygen atoms in total. The Balaban J connectivity index is 1.92. The van der Waals surface area contributed by atoms with Gasteiger partial charge in [-0.05, 0) is 42.9 Å². The molecule has 0 unspecified atom stereocenters. The first-order chi connectivity index (χ1) is 16.5. The summed E-state index contributed by atoms with van der Waals surface area (Å²) >= 11 is 0. The Bertz CT molecular complexity index is 1120. The summed E-state index contributed by atoms with van der Waals surface area (Å²) in [5.41, 5.74) is 0.556. The van der Waals surface area contributed by atoms with Crippen LogP contribution in [-0.4, -0.2) is 74.6 Å². The van der Waals surface area contributed by atoms with Gasteiger partial charge in [-0.15, -0.1) is 0 Å². The van der Waals surface area contributed by atoms with Crippen molar-refractivity contribution in [3.63, 3.8) is 0 Å². The van der Waals surface area contributed by atoms with Crippen molar-refractivity contribution in [3.8, 4) is 5.75 Å². The van der Waals surface area contributed by atoms with Gasteiger partial charge in [0.1, 0.15) is 11.6 Å². The number of nitrogens with zero attached hydrogens (tertiary/aromatic N) is 4. The highest BCUT2D eigenvalue weighted by atomic mass is 32.2. The van der Waals surface area contributed by atoms with Crippen LogP contribution in [0, 0.1) is 11.8 Å². The normalized spacial score (nSPS) is 14.8. The number of rotatable bonds is 10.